The third-order valence-electron chi connectivity index (χ3n) is 6.13. The maximum absolute atomic E-state index is 12.9. The Morgan fingerprint density at radius 3 is 2.58 bits per heavy atom. The molecule has 3 aromatic carbocycles. The first-order valence-corrected chi connectivity index (χ1v) is 11.6. The summed E-state index contributed by atoms with van der Waals surface area (Å²) in [5.74, 6) is 0.741. The molecule has 0 unspecified atom stereocenters. The van der Waals surface area contributed by atoms with E-state index in [0.29, 0.717) is 24.8 Å². The predicted octanol–water partition coefficient (Wildman–Crippen LogP) is 4.77. The van der Waals surface area contributed by atoms with Gasteiger partial charge in [-0.15, -0.1) is 0 Å². The van der Waals surface area contributed by atoms with Crippen molar-refractivity contribution in [3.05, 3.63) is 90.0 Å². The average molecular weight is 445 g/mol. The zero-order valence-corrected chi connectivity index (χ0v) is 19.2. The molecule has 0 atom stereocenters. The van der Waals surface area contributed by atoms with Crippen LogP contribution in [0, 0.1) is 0 Å². The van der Waals surface area contributed by atoms with E-state index < -0.39 is 0 Å². The van der Waals surface area contributed by atoms with Crippen molar-refractivity contribution in [3.8, 4) is 16.9 Å². The Bertz CT molecular complexity index is 1030. The van der Waals surface area contributed by atoms with Gasteiger partial charge in [-0.3, -0.25) is 9.69 Å². The average Bonchev–Trinajstić information content (AvgIpc) is 2.88. The van der Waals surface area contributed by atoms with Crippen molar-refractivity contribution in [1.82, 2.24) is 10.2 Å². The monoisotopic (exact) mass is 444 g/mol. The van der Waals surface area contributed by atoms with Crippen LogP contribution in [-0.2, 0) is 11.3 Å². The van der Waals surface area contributed by atoms with Gasteiger partial charge in [0.2, 0.25) is 0 Å². The molecule has 1 amide bonds. The highest BCUT2D eigenvalue weighted by Crippen LogP contribution is 2.23. The van der Waals surface area contributed by atoms with Gasteiger partial charge in [-0.25, -0.2) is 0 Å². The van der Waals surface area contributed by atoms with Crippen LogP contribution >= 0.6 is 0 Å². The first-order valence-electron chi connectivity index (χ1n) is 11.6. The summed E-state index contributed by atoms with van der Waals surface area (Å²) >= 11 is 0. The summed E-state index contributed by atoms with van der Waals surface area (Å²) in [4.78, 5) is 15.3. The van der Waals surface area contributed by atoms with E-state index in [2.05, 4.69) is 17.3 Å². The minimum absolute atomic E-state index is 0.0844. The molecule has 3 aromatic rings. The van der Waals surface area contributed by atoms with E-state index in [0.717, 1.165) is 55.0 Å². The molecule has 0 spiro atoms. The van der Waals surface area contributed by atoms with Gasteiger partial charge in [0.25, 0.3) is 5.91 Å². The Morgan fingerprint density at radius 1 is 1.00 bits per heavy atom. The van der Waals surface area contributed by atoms with Crippen molar-refractivity contribution in [1.29, 1.82) is 0 Å². The summed E-state index contributed by atoms with van der Waals surface area (Å²) in [7, 11) is 2.15. The van der Waals surface area contributed by atoms with Crippen LogP contribution in [-0.4, -0.2) is 50.3 Å². The number of likely N-dealkylation sites (N-methyl/N-ethyl adjacent to an activating group) is 1. The third-order valence-corrected chi connectivity index (χ3v) is 6.13. The molecule has 1 N–H and O–H groups in total. The Balaban J connectivity index is 1.31. The molecule has 1 aliphatic heterocycles. The van der Waals surface area contributed by atoms with Gasteiger partial charge in [0.1, 0.15) is 12.4 Å². The van der Waals surface area contributed by atoms with E-state index >= 15 is 0 Å². The molecule has 1 saturated heterocycles. The smallest absolute Gasteiger partial charge is 0.252 e. The molecule has 0 radical (unpaired) electrons. The maximum atomic E-state index is 12.9. The van der Waals surface area contributed by atoms with Gasteiger partial charge in [-0.05, 0) is 54.8 Å². The number of hydrogen-bond acceptors (Lipinski definition) is 4. The molecule has 0 aliphatic carbocycles. The molecule has 4 rings (SSSR count). The molecular weight excluding hydrogens is 412 g/mol. The Kier molecular flexibility index (Phi) is 8.12. The van der Waals surface area contributed by atoms with Gasteiger partial charge >= 0.3 is 0 Å². The summed E-state index contributed by atoms with van der Waals surface area (Å²) in [5, 5.41) is 3.06. The number of carbonyl (C=O) groups excluding carboxylic acids is 1. The van der Waals surface area contributed by atoms with Crippen LogP contribution in [0.15, 0.2) is 78.9 Å². The minimum Gasteiger partial charge on any atom is -0.492 e. The number of hydrogen-bond donors (Lipinski definition) is 1. The standard InChI is InChI=1S/C28H32N2O3/c1-30(24-14-17-32-18-15-24)16-19-33-25-11-7-8-22(20-25)21-29-28(31)27-13-6-5-12-26(27)23-9-3-2-4-10-23/h2-13,20,24H,14-19,21H2,1H3,(H,29,31). The minimum atomic E-state index is -0.0844. The number of ether oxygens (including phenoxy) is 2. The molecule has 0 saturated carbocycles. The second-order valence-electron chi connectivity index (χ2n) is 8.41. The number of rotatable bonds is 9. The molecule has 5 heteroatoms. The first-order chi connectivity index (χ1) is 16.2. The summed E-state index contributed by atoms with van der Waals surface area (Å²) in [6.07, 6.45) is 2.16. The highest BCUT2D eigenvalue weighted by Gasteiger charge is 2.18. The largest absolute Gasteiger partial charge is 0.492 e. The molecule has 0 bridgehead atoms. The highest BCUT2D eigenvalue weighted by molar-refractivity contribution is 6.00. The number of amides is 1. The van der Waals surface area contributed by atoms with Gasteiger partial charge in [0.05, 0.1) is 0 Å². The van der Waals surface area contributed by atoms with Crippen molar-refractivity contribution in [2.24, 2.45) is 0 Å². The lowest BCUT2D eigenvalue weighted by atomic mass is 9.99. The van der Waals surface area contributed by atoms with Crippen LogP contribution in [0.3, 0.4) is 0 Å². The fourth-order valence-corrected chi connectivity index (χ4v) is 4.19. The Labute approximate surface area is 196 Å². The number of nitrogens with one attached hydrogen (secondary N) is 1. The van der Waals surface area contributed by atoms with Crippen LogP contribution in [0.1, 0.15) is 28.8 Å². The summed E-state index contributed by atoms with van der Waals surface area (Å²) in [6.45, 7) is 3.65. The SMILES string of the molecule is CN(CCOc1cccc(CNC(=O)c2ccccc2-c2ccccc2)c1)C1CCOCC1. The van der Waals surface area contributed by atoms with Crippen molar-refractivity contribution < 1.29 is 14.3 Å². The van der Waals surface area contributed by atoms with Crippen LogP contribution in [0.25, 0.3) is 11.1 Å². The third kappa shape index (κ3) is 6.44. The molecule has 33 heavy (non-hydrogen) atoms. The van der Waals surface area contributed by atoms with E-state index in [1.807, 2.05) is 78.9 Å². The van der Waals surface area contributed by atoms with E-state index in [4.69, 9.17) is 9.47 Å². The van der Waals surface area contributed by atoms with Crippen molar-refractivity contribution in [2.75, 3.05) is 33.4 Å². The molecule has 0 aromatic heterocycles. The van der Waals surface area contributed by atoms with Crippen LogP contribution < -0.4 is 10.1 Å². The van der Waals surface area contributed by atoms with Crippen molar-refractivity contribution in [2.45, 2.75) is 25.4 Å². The van der Waals surface area contributed by atoms with Gasteiger partial charge in [-0.2, -0.15) is 0 Å². The maximum Gasteiger partial charge on any atom is 0.252 e. The summed E-state index contributed by atoms with van der Waals surface area (Å²) in [6, 6.07) is 26.2. The molecule has 5 nitrogen and oxygen atoms in total. The number of carbonyl (C=O) groups is 1. The topological polar surface area (TPSA) is 50.8 Å². The fraction of sp³-hybridized carbons (Fsp3) is 0.321. The quantitative estimate of drug-likeness (QED) is 0.516. The van der Waals surface area contributed by atoms with Crippen molar-refractivity contribution in [3.63, 3.8) is 0 Å². The lowest BCUT2D eigenvalue weighted by Gasteiger charge is -2.31. The van der Waals surface area contributed by atoms with Gasteiger partial charge in [0.15, 0.2) is 0 Å². The van der Waals surface area contributed by atoms with E-state index in [-0.39, 0.29) is 5.91 Å². The summed E-state index contributed by atoms with van der Waals surface area (Å²) < 4.78 is 11.4. The molecule has 1 aliphatic rings. The zero-order chi connectivity index (χ0) is 22.9. The second kappa shape index (κ2) is 11.6. The predicted molar refractivity (Wildman–Crippen MR) is 131 cm³/mol. The highest BCUT2D eigenvalue weighted by atomic mass is 16.5. The Hall–Kier alpha value is -3.15. The van der Waals surface area contributed by atoms with Gasteiger partial charge in [-0.1, -0.05) is 60.7 Å². The summed E-state index contributed by atoms with van der Waals surface area (Å²) in [5.41, 5.74) is 3.65. The number of nitrogens with zero attached hydrogens (tertiary/aromatic N) is 1. The normalized spacial score (nSPS) is 14.2. The molecular formula is C28H32N2O3. The van der Waals surface area contributed by atoms with Crippen LogP contribution in [0.2, 0.25) is 0 Å². The zero-order valence-electron chi connectivity index (χ0n) is 19.2. The number of benzene rings is 3. The second-order valence-corrected chi connectivity index (χ2v) is 8.41. The Morgan fingerprint density at radius 2 is 1.76 bits per heavy atom. The van der Waals surface area contributed by atoms with Crippen LogP contribution in [0.4, 0.5) is 0 Å². The lowest BCUT2D eigenvalue weighted by molar-refractivity contribution is 0.0392. The molecule has 1 heterocycles. The van der Waals surface area contributed by atoms with E-state index in [1.54, 1.807) is 0 Å². The van der Waals surface area contributed by atoms with Gasteiger partial charge in [0, 0.05) is 37.9 Å². The first kappa shape index (κ1) is 23.0. The van der Waals surface area contributed by atoms with E-state index in [9.17, 15) is 4.79 Å². The van der Waals surface area contributed by atoms with Gasteiger partial charge < -0.3 is 14.8 Å². The van der Waals surface area contributed by atoms with E-state index in [1.165, 1.54) is 0 Å². The molecule has 1 fully saturated rings. The lowest BCUT2D eigenvalue weighted by Crippen LogP contribution is -2.38. The molecule has 172 valence electrons. The van der Waals surface area contributed by atoms with Crippen molar-refractivity contribution >= 4 is 5.91 Å². The fourth-order valence-electron chi connectivity index (χ4n) is 4.19. The van der Waals surface area contributed by atoms with Crippen LogP contribution in [0.5, 0.6) is 5.75 Å².